The van der Waals surface area contributed by atoms with Crippen LogP contribution in [0.4, 0.5) is 5.13 Å². The molecule has 0 atom stereocenters. The van der Waals surface area contributed by atoms with Gasteiger partial charge in [0.1, 0.15) is 5.01 Å². The lowest BCUT2D eigenvalue weighted by Gasteiger charge is -2.33. The minimum Gasteiger partial charge on any atom is -0.344 e. The van der Waals surface area contributed by atoms with Crippen LogP contribution in [0.2, 0.25) is 0 Å². The zero-order valence-electron chi connectivity index (χ0n) is 16.1. The normalized spacial score (nSPS) is 18.7. The van der Waals surface area contributed by atoms with E-state index in [1.807, 2.05) is 12.1 Å². The van der Waals surface area contributed by atoms with Gasteiger partial charge in [0.05, 0.1) is 4.90 Å². The number of aromatic nitrogens is 2. The zero-order chi connectivity index (χ0) is 19.2. The molecule has 1 aliphatic carbocycles. The van der Waals surface area contributed by atoms with Crippen LogP contribution in [-0.2, 0) is 28.3 Å². The molecule has 1 aliphatic heterocycles. The molecule has 1 aromatic carbocycles. The average Bonchev–Trinajstić information content (AvgIpc) is 3.30. The molecule has 0 unspecified atom stereocenters. The first-order chi connectivity index (χ1) is 12.7. The van der Waals surface area contributed by atoms with Gasteiger partial charge in [0, 0.05) is 31.6 Å². The summed E-state index contributed by atoms with van der Waals surface area (Å²) < 4.78 is 27.7. The van der Waals surface area contributed by atoms with E-state index >= 15 is 0 Å². The van der Waals surface area contributed by atoms with Gasteiger partial charge in [-0.25, -0.2) is 8.42 Å². The van der Waals surface area contributed by atoms with Crippen molar-refractivity contribution in [3.63, 3.8) is 0 Å². The van der Waals surface area contributed by atoms with Gasteiger partial charge >= 0.3 is 0 Å². The van der Waals surface area contributed by atoms with Crippen LogP contribution in [0.25, 0.3) is 0 Å². The van der Waals surface area contributed by atoms with Crippen LogP contribution >= 0.6 is 11.3 Å². The second kappa shape index (κ2) is 6.83. The highest BCUT2D eigenvalue weighted by molar-refractivity contribution is 7.89. The van der Waals surface area contributed by atoms with Crippen molar-refractivity contribution in [2.45, 2.75) is 50.3 Å². The van der Waals surface area contributed by atoms with Crippen molar-refractivity contribution in [3.05, 3.63) is 34.3 Å². The van der Waals surface area contributed by atoms with Crippen molar-refractivity contribution < 1.29 is 8.42 Å². The first-order valence-corrected chi connectivity index (χ1v) is 11.7. The maximum absolute atomic E-state index is 13.0. The predicted molar refractivity (Wildman–Crippen MR) is 108 cm³/mol. The fourth-order valence-electron chi connectivity index (χ4n) is 3.62. The van der Waals surface area contributed by atoms with Crippen molar-refractivity contribution in [2.24, 2.45) is 0 Å². The molecule has 4 rings (SSSR count). The van der Waals surface area contributed by atoms with E-state index in [9.17, 15) is 8.42 Å². The molecule has 1 aromatic heterocycles. The lowest BCUT2D eigenvalue weighted by Crippen LogP contribution is -2.48. The lowest BCUT2D eigenvalue weighted by molar-refractivity contribution is 0.384. The van der Waals surface area contributed by atoms with Crippen LogP contribution < -0.4 is 4.90 Å². The summed E-state index contributed by atoms with van der Waals surface area (Å²) in [6, 6.07) is 5.64. The van der Waals surface area contributed by atoms with Crippen molar-refractivity contribution >= 4 is 26.5 Å². The highest BCUT2D eigenvalue weighted by Gasteiger charge is 2.31. The fraction of sp³-hybridized carbons (Fsp3) is 0.579. The summed E-state index contributed by atoms with van der Waals surface area (Å²) >= 11 is 1.60. The monoisotopic (exact) mass is 406 g/mol. The number of anilines is 1. The molecule has 0 bridgehead atoms. The second-order valence-electron chi connectivity index (χ2n) is 8.31. The first kappa shape index (κ1) is 18.8. The van der Waals surface area contributed by atoms with Crippen LogP contribution in [0.3, 0.4) is 0 Å². The molecule has 2 aromatic rings. The van der Waals surface area contributed by atoms with E-state index in [4.69, 9.17) is 0 Å². The Kier molecular flexibility index (Phi) is 4.76. The second-order valence-corrected chi connectivity index (χ2v) is 11.2. The Morgan fingerprint density at radius 1 is 1.00 bits per heavy atom. The largest absolute Gasteiger partial charge is 0.344 e. The number of hydrogen-bond acceptors (Lipinski definition) is 6. The fourth-order valence-corrected chi connectivity index (χ4v) is 6.05. The quantitative estimate of drug-likeness (QED) is 0.784. The first-order valence-electron chi connectivity index (χ1n) is 9.46. The topological polar surface area (TPSA) is 66.4 Å². The van der Waals surface area contributed by atoms with Crippen molar-refractivity contribution in [1.29, 1.82) is 0 Å². The molecule has 0 amide bonds. The molecule has 0 spiro atoms. The van der Waals surface area contributed by atoms with Crippen LogP contribution in [0.5, 0.6) is 0 Å². The number of nitrogens with zero attached hydrogens (tertiary/aromatic N) is 4. The van der Waals surface area contributed by atoms with E-state index in [0.717, 1.165) is 29.4 Å². The highest BCUT2D eigenvalue weighted by atomic mass is 32.2. The number of aryl methyl sites for hydroxylation is 2. The minimum atomic E-state index is -3.43. The third-order valence-corrected chi connectivity index (χ3v) is 8.58. The maximum Gasteiger partial charge on any atom is 0.243 e. The number of piperazine rings is 1. The molecule has 1 fully saturated rings. The molecular formula is C19H26N4O2S2. The molecule has 1 saturated heterocycles. The Morgan fingerprint density at radius 3 is 2.37 bits per heavy atom. The molecule has 27 heavy (non-hydrogen) atoms. The summed E-state index contributed by atoms with van der Waals surface area (Å²) in [5.74, 6) is 0. The average molecular weight is 407 g/mol. The van der Waals surface area contributed by atoms with E-state index in [1.54, 1.807) is 21.7 Å². The summed E-state index contributed by atoms with van der Waals surface area (Å²) in [6.45, 7) is 8.61. The van der Waals surface area contributed by atoms with E-state index in [-0.39, 0.29) is 5.41 Å². The zero-order valence-corrected chi connectivity index (χ0v) is 17.7. The van der Waals surface area contributed by atoms with Crippen molar-refractivity contribution in [1.82, 2.24) is 14.5 Å². The molecule has 2 aliphatic rings. The van der Waals surface area contributed by atoms with E-state index in [2.05, 4.69) is 35.9 Å². The summed E-state index contributed by atoms with van der Waals surface area (Å²) in [5.41, 5.74) is 2.47. The van der Waals surface area contributed by atoms with Crippen LogP contribution in [-0.4, -0.2) is 49.1 Å². The molecular weight excluding hydrogens is 380 g/mol. The molecule has 2 heterocycles. The summed E-state index contributed by atoms with van der Waals surface area (Å²) in [6.07, 6.45) is 3.17. The third kappa shape index (κ3) is 3.62. The Labute approximate surface area is 165 Å². The lowest BCUT2D eigenvalue weighted by atomic mass is 9.98. The summed E-state index contributed by atoms with van der Waals surface area (Å²) in [7, 11) is -3.43. The standard InChI is InChI=1S/C19H26N4O2S2/c1-19(2,3)17-20-21-18(26-17)22-9-11-23(12-10-22)27(24,25)16-8-7-14-5-4-6-15(14)13-16/h7-8,13H,4-6,9-12H2,1-3H3. The van der Waals surface area contributed by atoms with E-state index < -0.39 is 10.0 Å². The van der Waals surface area contributed by atoms with Gasteiger partial charge in [0.15, 0.2) is 0 Å². The molecule has 8 heteroatoms. The number of hydrogen-bond donors (Lipinski definition) is 0. The maximum atomic E-state index is 13.0. The number of sulfonamides is 1. The van der Waals surface area contributed by atoms with Gasteiger partial charge in [-0.15, -0.1) is 10.2 Å². The van der Waals surface area contributed by atoms with Gasteiger partial charge in [-0.05, 0) is 42.5 Å². The Hall–Kier alpha value is -1.51. The molecule has 146 valence electrons. The minimum absolute atomic E-state index is 0.0192. The van der Waals surface area contributed by atoms with Crippen LogP contribution in [0.1, 0.15) is 43.3 Å². The summed E-state index contributed by atoms with van der Waals surface area (Å²) in [5, 5.41) is 10.5. The molecule has 0 radical (unpaired) electrons. The Bertz CT molecular complexity index is 939. The third-order valence-electron chi connectivity index (χ3n) is 5.27. The predicted octanol–water partition coefficient (Wildman–Crippen LogP) is 2.84. The van der Waals surface area contributed by atoms with Crippen LogP contribution in [0, 0.1) is 0 Å². The van der Waals surface area contributed by atoms with Crippen LogP contribution in [0.15, 0.2) is 23.1 Å². The van der Waals surface area contributed by atoms with Gasteiger partial charge < -0.3 is 4.90 Å². The van der Waals surface area contributed by atoms with Gasteiger partial charge in [-0.3, -0.25) is 0 Å². The Morgan fingerprint density at radius 2 is 1.70 bits per heavy atom. The van der Waals surface area contributed by atoms with Crippen molar-refractivity contribution in [2.75, 3.05) is 31.1 Å². The van der Waals surface area contributed by atoms with E-state index in [0.29, 0.717) is 31.1 Å². The van der Waals surface area contributed by atoms with Crippen molar-refractivity contribution in [3.8, 4) is 0 Å². The van der Waals surface area contributed by atoms with E-state index in [1.165, 1.54) is 11.1 Å². The molecule has 0 saturated carbocycles. The highest BCUT2D eigenvalue weighted by Crippen LogP contribution is 2.31. The SMILES string of the molecule is CC(C)(C)c1nnc(N2CCN(S(=O)(=O)c3ccc4c(c3)CCC4)CC2)s1. The summed E-state index contributed by atoms with van der Waals surface area (Å²) in [4.78, 5) is 2.57. The number of benzene rings is 1. The number of fused-ring (bicyclic) bond motifs is 1. The molecule has 6 nitrogen and oxygen atoms in total. The number of rotatable bonds is 3. The molecule has 0 N–H and O–H groups in total. The van der Waals surface area contributed by atoms with Gasteiger partial charge in [0.25, 0.3) is 0 Å². The smallest absolute Gasteiger partial charge is 0.243 e. The van der Waals surface area contributed by atoms with Gasteiger partial charge in [-0.1, -0.05) is 38.2 Å². The van der Waals surface area contributed by atoms with Gasteiger partial charge in [0.2, 0.25) is 15.2 Å². The Balaban J connectivity index is 1.46. The van der Waals surface area contributed by atoms with Gasteiger partial charge in [-0.2, -0.15) is 4.31 Å².